The zero-order valence-corrected chi connectivity index (χ0v) is 25.0. The molecule has 9 heteroatoms. The van der Waals surface area contributed by atoms with E-state index < -0.39 is 22.2 Å². The summed E-state index contributed by atoms with van der Waals surface area (Å²) >= 11 is 6.08. The van der Waals surface area contributed by atoms with Gasteiger partial charge in [-0.25, -0.2) is 4.39 Å². The molecule has 1 saturated heterocycles. The summed E-state index contributed by atoms with van der Waals surface area (Å²) in [6, 6.07) is 4.19. The molecule has 5 nitrogen and oxygen atoms in total. The molecule has 0 bridgehead atoms. The molecule has 1 heterocycles. The highest BCUT2D eigenvalue weighted by molar-refractivity contribution is 6.76. The topological polar surface area (TPSA) is 48.0 Å². The average Bonchev–Trinajstić information content (AvgIpc) is 3.06. The van der Waals surface area contributed by atoms with Crippen LogP contribution < -0.4 is 4.74 Å². The molecule has 0 spiro atoms. The Kier molecular flexibility index (Phi) is 10.2. The summed E-state index contributed by atoms with van der Waals surface area (Å²) in [6.07, 6.45) is 1.00. The third-order valence-electron chi connectivity index (χ3n) is 6.85. The van der Waals surface area contributed by atoms with E-state index in [1.165, 1.54) is 6.07 Å². The van der Waals surface area contributed by atoms with E-state index in [9.17, 15) is 4.79 Å². The van der Waals surface area contributed by atoms with Crippen LogP contribution in [0, 0.1) is 5.82 Å². The van der Waals surface area contributed by atoms with Gasteiger partial charge in [0.05, 0.1) is 5.02 Å². The lowest BCUT2D eigenvalue weighted by atomic mass is 9.96. The molecule has 0 saturated carbocycles. The van der Waals surface area contributed by atoms with Gasteiger partial charge in [0.15, 0.2) is 15.1 Å². The highest BCUT2D eigenvalue weighted by Crippen LogP contribution is 2.39. The van der Waals surface area contributed by atoms with Crippen molar-refractivity contribution < 1.29 is 23.1 Å². The molecular weight excluding hydrogens is 489 g/mol. The van der Waals surface area contributed by atoms with E-state index in [4.69, 9.17) is 25.5 Å². The third-order valence-corrected chi connectivity index (χ3v) is 13.4. The smallest absolute Gasteiger partial charge is 0.223 e. The predicted octanol–water partition coefficient (Wildman–Crippen LogP) is 6.90. The summed E-state index contributed by atoms with van der Waals surface area (Å²) in [5, 5.41) is 0.191. The van der Waals surface area contributed by atoms with Crippen LogP contribution in [-0.4, -0.2) is 60.3 Å². The van der Waals surface area contributed by atoms with E-state index in [0.29, 0.717) is 37.6 Å². The van der Waals surface area contributed by atoms with Gasteiger partial charge in [-0.05, 0) is 42.7 Å². The molecule has 0 aromatic heterocycles. The van der Waals surface area contributed by atoms with Gasteiger partial charge in [-0.2, -0.15) is 0 Å². The Hall–Kier alpha value is -0.936. The Morgan fingerprint density at radius 2 is 1.82 bits per heavy atom. The Morgan fingerprint density at radius 3 is 2.44 bits per heavy atom. The van der Waals surface area contributed by atoms with Crippen LogP contribution in [0.5, 0.6) is 5.75 Å². The Labute approximate surface area is 212 Å². The maximum Gasteiger partial charge on any atom is 0.223 e. The average molecular weight is 532 g/mol. The molecule has 1 aliphatic rings. The van der Waals surface area contributed by atoms with E-state index in [-0.39, 0.29) is 35.1 Å². The first-order valence-corrected chi connectivity index (χ1v) is 19.2. The van der Waals surface area contributed by atoms with E-state index in [1.54, 1.807) is 11.0 Å². The van der Waals surface area contributed by atoms with Crippen LogP contribution in [0.1, 0.15) is 45.1 Å². The second kappa shape index (κ2) is 11.9. The first-order valence-electron chi connectivity index (χ1n) is 12.2. The first-order chi connectivity index (χ1) is 15.6. The Morgan fingerprint density at radius 1 is 1.15 bits per heavy atom. The van der Waals surface area contributed by atoms with Gasteiger partial charge in [-0.1, -0.05) is 52.0 Å². The number of carbonyl (C=O) groups is 1. The van der Waals surface area contributed by atoms with Crippen molar-refractivity contribution in [2.75, 3.05) is 33.1 Å². The molecule has 1 amide bonds. The predicted molar refractivity (Wildman–Crippen MR) is 143 cm³/mol. The number of carbonyl (C=O) groups excluding carboxylic acids is 1. The lowest BCUT2D eigenvalue weighted by Crippen LogP contribution is -2.41. The summed E-state index contributed by atoms with van der Waals surface area (Å²) < 4.78 is 32.7. The van der Waals surface area contributed by atoms with Crippen molar-refractivity contribution in [1.82, 2.24) is 4.90 Å². The fourth-order valence-corrected chi connectivity index (χ4v) is 5.59. The number of benzene rings is 1. The zero-order chi connectivity index (χ0) is 25.7. The highest BCUT2D eigenvalue weighted by Gasteiger charge is 2.37. The van der Waals surface area contributed by atoms with Crippen LogP contribution in [-0.2, 0) is 14.0 Å². The number of halogens is 2. The van der Waals surface area contributed by atoms with Gasteiger partial charge in [0.1, 0.15) is 11.6 Å². The minimum atomic E-state index is -1.81. The maximum absolute atomic E-state index is 15.1. The molecule has 0 aliphatic carbocycles. The van der Waals surface area contributed by atoms with E-state index in [1.807, 2.05) is 0 Å². The Bertz CT molecular complexity index is 839. The lowest BCUT2D eigenvalue weighted by molar-refractivity contribution is -0.127. The molecule has 1 aromatic rings. The van der Waals surface area contributed by atoms with Crippen molar-refractivity contribution in [3.8, 4) is 5.75 Å². The second-order valence-electron chi connectivity index (χ2n) is 12.0. The van der Waals surface area contributed by atoms with Gasteiger partial charge in [0.25, 0.3) is 0 Å². The summed E-state index contributed by atoms with van der Waals surface area (Å²) in [5.41, 5.74) is 0.370. The van der Waals surface area contributed by atoms with Crippen LogP contribution in [0.4, 0.5) is 4.39 Å². The van der Waals surface area contributed by atoms with E-state index in [0.717, 1.165) is 12.5 Å². The van der Waals surface area contributed by atoms with Crippen LogP contribution in [0.25, 0.3) is 0 Å². The number of ether oxygens (including phenoxy) is 2. The van der Waals surface area contributed by atoms with Crippen molar-refractivity contribution in [3.05, 3.63) is 28.5 Å². The zero-order valence-electron chi connectivity index (χ0n) is 22.2. The third kappa shape index (κ3) is 8.33. The van der Waals surface area contributed by atoms with Crippen LogP contribution in [0.15, 0.2) is 12.1 Å². The monoisotopic (exact) mass is 531 g/mol. The first kappa shape index (κ1) is 29.3. The maximum atomic E-state index is 15.1. The van der Waals surface area contributed by atoms with Crippen molar-refractivity contribution in [2.24, 2.45) is 0 Å². The van der Waals surface area contributed by atoms with Crippen LogP contribution in [0.2, 0.25) is 48.8 Å². The summed E-state index contributed by atoms with van der Waals surface area (Å²) in [6.45, 7) is 20.3. The van der Waals surface area contributed by atoms with Crippen molar-refractivity contribution in [1.29, 1.82) is 0 Å². The molecule has 0 radical (unpaired) electrons. The van der Waals surface area contributed by atoms with Crippen molar-refractivity contribution in [3.63, 3.8) is 0 Å². The fraction of sp³-hybridized carbons (Fsp3) is 0.720. The fourth-order valence-electron chi connectivity index (χ4n) is 3.58. The molecule has 1 aliphatic heterocycles. The van der Waals surface area contributed by atoms with Crippen LogP contribution in [0.3, 0.4) is 0 Å². The summed E-state index contributed by atoms with van der Waals surface area (Å²) in [5.74, 6) is -0.392. The van der Waals surface area contributed by atoms with Gasteiger partial charge in [-0.3, -0.25) is 4.79 Å². The summed E-state index contributed by atoms with van der Waals surface area (Å²) in [4.78, 5) is 14.5. The normalized spacial score (nSPS) is 17.5. The lowest BCUT2D eigenvalue weighted by Gasteiger charge is -2.36. The van der Waals surface area contributed by atoms with Gasteiger partial charge in [-0.15, -0.1) is 0 Å². The molecule has 2 rings (SSSR count). The van der Waals surface area contributed by atoms with E-state index in [2.05, 4.69) is 53.5 Å². The number of amides is 1. The van der Waals surface area contributed by atoms with Gasteiger partial charge in [0.2, 0.25) is 5.91 Å². The number of likely N-dealkylation sites (tertiary alicyclic amines) is 1. The molecule has 0 N–H and O–H groups in total. The summed E-state index contributed by atoms with van der Waals surface area (Å²) in [7, 11) is -3.00. The highest BCUT2D eigenvalue weighted by atomic mass is 35.5. The molecule has 34 heavy (non-hydrogen) atoms. The number of nitrogens with zero attached hydrogens (tertiary/aromatic N) is 1. The number of hydrogen-bond donors (Lipinski definition) is 0. The molecule has 1 aromatic carbocycles. The molecular formula is C25H43ClFNO4Si2. The minimum Gasteiger partial charge on any atom is -0.467 e. The number of rotatable bonds is 12. The van der Waals surface area contributed by atoms with E-state index >= 15 is 4.39 Å². The quantitative estimate of drug-likeness (QED) is 0.167. The molecule has 1 unspecified atom stereocenters. The minimum absolute atomic E-state index is 0.0223. The molecule has 1 fully saturated rings. The SMILES string of the molecule is CC(C)(C)[Si](C)(C)OCCCN1CC(c2c(OCOCC[Si](C)(C)C)ccc(Cl)c2F)CC1=O. The largest absolute Gasteiger partial charge is 0.467 e. The second-order valence-corrected chi connectivity index (χ2v) is 22.8. The standard InChI is InChI=1S/C25H43ClFNO4Si2/c1-25(2,3)34(7,8)32-13-9-12-28-17-19(16-22(28)29)23-21(11-10-20(26)24(23)27)31-18-30-14-15-33(4,5)6/h10-11,19H,9,12-18H2,1-8H3. The van der Waals surface area contributed by atoms with Gasteiger partial charge >= 0.3 is 0 Å². The van der Waals surface area contributed by atoms with Crippen molar-refractivity contribution >= 4 is 33.9 Å². The van der Waals surface area contributed by atoms with Gasteiger partial charge < -0.3 is 18.8 Å². The van der Waals surface area contributed by atoms with Gasteiger partial charge in [0, 0.05) is 52.3 Å². The molecule has 194 valence electrons. The molecule has 1 atom stereocenters. The van der Waals surface area contributed by atoms with Crippen LogP contribution >= 0.6 is 11.6 Å². The number of hydrogen-bond acceptors (Lipinski definition) is 4. The van der Waals surface area contributed by atoms with Crippen molar-refractivity contribution in [2.45, 2.75) is 83.3 Å². The Balaban J connectivity index is 1.96.